The summed E-state index contributed by atoms with van der Waals surface area (Å²) in [5.41, 5.74) is 0.654. The van der Waals surface area contributed by atoms with Gasteiger partial charge in [-0.15, -0.1) is 11.8 Å². The Labute approximate surface area is 116 Å². The van der Waals surface area contributed by atoms with Crippen LogP contribution in [0.15, 0.2) is 24.3 Å². The summed E-state index contributed by atoms with van der Waals surface area (Å²) in [6.07, 6.45) is 0. The second-order valence-corrected chi connectivity index (χ2v) is 5.66. The van der Waals surface area contributed by atoms with Crippen molar-refractivity contribution < 1.29 is 19.4 Å². The number of methoxy groups -OCH3 is 1. The number of thioether (sulfide) groups is 1. The molecule has 2 atom stereocenters. The number of rotatable bonds is 6. The van der Waals surface area contributed by atoms with Gasteiger partial charge in [0.05, 0.1) is 12.4 Å². The fourth-order valence-corrected chi connectivity index (χ4v) is 2.26. The fourth-order valence-electron chi connectivity index (χ4n) is 1.34. The molecular formula is C13H17NO4S. The maximum atomic E-state index is 11.9. The molecule has 1 aromatic carbocycles. The van der Waals surface area contributed by atoms with Crippen LogP contribution in [0.4, 0.5) is 5.69 Å². The summed E-state index contributed by atoms with van der Waals surface area (Å²) in [5, 5.41) is 10.5. The van der Waals surface area contributed by atoms with Crippen LogP contribution in [0.25, 0.3) is 0 Å². The first-order chi connectivity index (χ1) is 8.93. The van der Waals surface area contributed by atoms with Crippen LogP contribution in [-0.4, -0.2) is 34.6 Å². The number of ether oxygens (including phenoxy) is 1. The molecule has 0 aliphatic rings. The standard InChI is InChI=1S/C13H17NO4S/c1-8(19-9(2)13(16)17)12(15)14-10-4-6-11(18-3)7-5-10/h4-9H,1-3H3,(H,14,15)(H,16,17). The molecule has 5 nitrogen and oxygen atoms in total. The molecule has 0 bridgehead atoms. The van der Waals surface area contributed by atoms with Crippen molar-refractivity contribution in [2.75, 3.05) is 12.4 Å². The van der Waals surface area contributed by atoms with Crippen molar-refractivity contribution in [3.05, 3.63) is 24.3 Å². The molecular weight excluding hydrogens is 266 g/mol. The van der Waals surface area contributed by atoms with Crippen molar-refractivity contribution in [2.24, 2.45) is 0 Å². The highest BCUT2D eigenvalue weighted by atomic mass is 32.2. The summed E-state index contributed by atoms with van der Waals surface area (Å²) in [6.45, 7) is 3.24. The number of nitrogens with one attached hydrogen (secondary N) is 1. The van der Waals surface area contributed by atoms with E-state index >= 15 is 0 Å². The Bertz CT molecular complexity index is 446. The zero-order valence-electron chi connectivity index (χ0n) is 11.0. The number of anilines is 1. The molecule has 0 aromatic heterocycles. The van der Waals surface area contributed by atoms with Crippen molar-refractivity contribution in [1.29, 1.82) is 0 Å². The van der Waals surface area contributed by atoms with Gasteiger partial charge in [-0.2, -0.15) is 0 Å². The molecule has 0 heterocycles. The molecule has 0 radical (unpaired) electrons. The van der Waals surface area contributed by atoms with E-state index < -0.39 is 16.5 Å². The Morgan fingerprint density at radius 3 is 2.26 bits per heavy atom. The van der Waals surface area contributed by atoms with E-state index in [1.807, 2.05) is 0 Å². The van der Waals surface area contributed by atoms with E-state index in [1.165, 1.54) is 0 Å². The average molecular weight is 283 g/mol. The summed E-state index contributed by atoms with van der Waals surface area (Å²) in [6, 6.07) is 6.95. The van der Waals surface area contributed by atoms with Crippen LogP contribution >= 0.6 is 11.8 Å². The Kier molecular flexibility index (Phi) is 5.69. The SMILES string of the molecule is COc1ccc(NC(=O)C(C)SC(C)C(=O)O)cc1. The number of benzene rings is 1. The van der Waals surface area contributed by atoms with Gasteiger partial charge in [0.2, 0.25) is 5.91 Å². The fraction of sp³-hybridized carbons (Fsp3) is 0.385. The summed E-state index contributed by atoms with van der Waals surface area (Å²) in [4.78, 5) is 22.6. The van der Waals surface area contributed by atoms with Gasteiger partial charge < -0.3 is 15.2 Å². The molecule has 6 heteroatoms. The smallest absolute Gasteiger partial charge is 0.316 e. The zero-order valence-corrected chi connectivity index (χ0v) is 11.9. The van der Waals surface area contributed by atoms with Gasteiger partial charge in [0.15, 0.2) is 0 Å². The zero-order chi connectivity index (χ0) is 14.4. The van der Waals surface area contributed by atoms with Crippen molar-refractivity contribution >= 4 is 29.3 Å². The number of hydrogen-bond donors (Lipinski definition) is 2. The molecule has 2 N–H and O–H groups in total. The monoisotopic (exact) mass is 283 g/mol. The third-order valence-electron chi connectivity index (χ3n) is 2.48. The number of carbonyl (C=O) groups excluding carboxylic acids is 1. The number of carboxylic acids is 1. The molecule has 0 aliphatic heterocycles. The maximum Gasteiger partial charge on any atom is 0.316 e. The highest BCUT2D eigenvalue weighted by Crippen LogP contribution is 2.20. The van der Waals surface area contributed by atoms with Gasteiger partial charge in [0.25, 0.3) is 0 Å². The Morgan fingerprint density at radius 2 is 1.79 bits per heavy atom. The summed E-state index contributed by atoms with van der Waals surface area (Å²) in [5.74, 6) is -0.433. The van der Waals surface area contributed by atoms with Crippen LogP contribution in [0.3, 0.4) is 0 Å². The average Bonchev–Trinajstić information content (AvgIpc) is 2.39. The second kappa shape index (κ2) is 7.04. The van der Waals surface area contributed by atoms with E-state index in [9.17, 15) is 9.59 Å². The molecule has 2 unspecified atom stereocenters. The first-order valence-corrected chi connectivity index (χ1v) is 6.71. The highest BCUT2D eigenvalue weighted by molar-refractivity contribution is 8.01. The van der Waals surface area contributed by atoms with Crippen LogP contribution in [0, 0.1) is 0 Å². The van der Waals surface area contributed by atoms with Gasteiger partial charge in [0, 0.05) is 5.69 Å². The van der Waals surface area contributed by atoms with Gasteiger partial charge in [0.1, 0.15) is 11.0 Å². The van der Waals surface area contributed by atoms with E-state index in [4.69, 9.17) is 9.84 Å². The lowest BCUT2D eigenvalue weighted by molar-refractivity contribution is -0.136. The maximum absolute atomic E-state index is 11.9. The predicted octanol–water partition coefficient (Wildman–Crippen LogP) is 2.23. The van der Waals surface area contributed by atoms with Crippen molar-refractivity contribution in [1.82, 2.24) is 0 Å². The molecule has 0 fully saturated rings. The lowest BCUT2D eigenvalue weighted by Crippen LogP contribution is -2.26. The van der Waals surface area contributed by atoms with Crippen molar-refractivity contribution in [3.63, 3.8) is 0 Å². The normalized spacial score (nSPS) is 13.4. The molecule has 0 saturated carbocycles. The number of amides is 1. The predicted molar refractivity (Wildman–Crippen MR) is 75.8 cm³/mol. The van der Waals surface area contributed by atoms with E-state index in [0.717, 1.165) is 11.8 Å². The molecule has 19 heavy (non-hydrogen) atoms. The number of carbonyl (C=O) groups is 2. The molecule has 104 valence electrons. The largest absolute Gasteiger partial charge is 0.497 e. The van der Waals surface area contributed by atoms with E-state index in [2.05, 4.69) is 5.32 Å². The summed E-state index contributed by atoms with van der Waals surface area (Å²) < 4.78 is 5.02. The third kappa shape index (κ3) is 4.82. The van der Waals surface area contributed by atoms with Gasteiger partial charge in [-0.1, -0.05) is 0 Å². The lowest BCUT2D eigenvalue weighted by Gasteiger charge is -2.14. The summed E-state index contributed by atoms with van der Waals surface area (Å²) in [7, 11) is 1.57. The third-order valence-corrected chi connectivity index (χ3v) is 3.72. The molecule has 1 rings (SSSR count). The second-order valence-electron chi connectivity index (χ2n) is 3.98. The summed E-state index contributed by atoms with van der Waals surface area (Å²) >= 11 is 1.11. The Hall–Kier alpha value is -1.69. The minimum Gasteiger partial charge on any atom is -0.497 e. The van der Waals surface area contributed by atoms with Crippen LogP contribution in [-0.2, 0) is 9.59 Å². The first kappa shape index (κ1) is 15.4. The minimum atomic E-state index is -0.922. The van der Waals surface area contributed by atoms with Crippen molar-refractivity contribution in [2.45, 2.75) is 24.3 Å². The minimum absolute atomic E-state index is 0.219. The van der Waals surface area contributed by atoms with Crippen LogP contribution in [0.5, 0.6) is 5.75 Å². The van der Waals surface area contributed by atoms with Gasteiger partial charge >= 0.3 is 5.97 Å². The van der Waals surface area contributed by atoms with Gasteiger partial charge in [-0.05, 0) is 38.1 Å². The molecule has 1 aromatic rings. The highest BCUT2D eigenvalue weighted by Gasteiger charge is 2.20. The quantitative estimate of drug-likeness (QED) is 0.837. The van der Waals surface area contributed by atoms with Crippen molar-refractivity contribution in [3.8, 4) is 5.75 Å². The Balaban J connectivity index is 2.55. The lowest BCUT2D eigenvalue weighted by atomic mass is 10.3. The topological polar surface area (TPSA) is 75.6 Å². The number of carboxylic acid groups (broad SMARTS) is 1. The van der Waals surface area contributed by atoms with Gasteiger partial charge in [-0.25, -0.2) is 0 Å². The van der Waals surface area contributed by atoms with Gasteiger partial charge in [-0.3, -0.25) is 9.59 Å². The Morgan fingerprint density at radius 1 is 1.21 bits per heavy atom. The van der Waals surface area contributed by atoms with E-state index in [1.54, 1.807) is 45.2 Å². The molecule has 0 saturated heterocycles. The molecule has 1 amide bonds. The van der Waals surface area contributed by atoms with E-state index in [-0.39, 0.29) is 5.91 Å². The molecule has 0 aliphatic carbocycles. The first-order valence-electron chi connectivity index (χ1n) is 5.77. The number of hydrogen-bond acceptors (Lipinski definition) is 4. The molecule has 0 spiro atoms. The van der Waals surface area contributed by atoms with Crippen LogP contribution in [0.1, 0.15) is 13.8 Å². The number of aliphatic carboxylic acids is 1. The van der Waals surface area contributed by atoms with E-state index in [0.29, 0.717) is 11.4 Å². The van der Waals surface area contributed by atoms with Crippen LogP contribution < -0.4 is 10.1 Å². The van der Waals surface area contributed by atoms with Crippen LogP contribution in [0.2, 0.25) is 0 Å².